The van der Waals surface area contributed by atoms with Gasteiger partial charge in [-0.15, -0.1) is 0 Å². The summed E-state index contributed by atoms with van der Waals surface area (Å²) < 4.78 is 5.50. The van der Waals surface area contributed by atoms with Gasteiger partial charge < -0.3 is 10.1 Å². The molecule has 0 aliphatic carbocycles. The van der Waals surface area contributed by atoms with Crippen LogP contribution in [0.2, 0.25) is 0 Å². The van der Waals surface area contributed by atoms with Crippen molar-refractivity contribution in [2.24, 2.45) is 5.92 Å². The van der Waals surface area contributed by atoms with Gasteiger partial charge in [-0.2, -0.15) is 0 Å². The zero-order valence-electron chi connectivity index (χ0n) is 16.0. The third-order valence-electron chi connectivity index (χ3n) is 5.52. The van der Waals surface area contributed by atoms with Gasteiger partial charge in [-0.05, 0) is 25.2 Å². The second-order valence-electron chi connectivity index (χ2n) is 7.17. The quantitative estimate of drug-likeness (QED) is 0.429. The fraction of sp³-hybridized carbons (Fsp3) is 0.947. The highest BCUT2D eigenvalue weighted by atomic mass is 33.1. The Hall–Kier alpha value is 0.0900. The minimum Gasteiger partial charge on any atom is -0.379 e. The lowest BCUT2D eigenvalue weighted by Gasteiger charge is -2.38. The molecular formula is C19H36N2O2S2. The number of hydrogen-bond donors (Lipinski definition) is 1. The van der Waals surface area contributed by atoms with Crippen LogP contribution in [-0.2, 0) is 9.53 Å². The second-order valence-corrected chi connectivity index (χ2v) is 9.96. The predicted molar refractivity (Wildman–Crippen MR) is 110 cm³/mol. The molecule has 0 aromatic rings. The second kappa shape index (κ2) is 12.5. The molecule has 0 saturated carbocycles. The Balaban J connectivity index is 1.67. The van der Waals surface area contributed by atoms with Gasteiger partial charge in [0.15, 0.2) is 0 Å². The fourth-order valence-corrected chi connectivity index (χ4v) is 6.89. The molecule has 2 aliphatic rings. The maximum Gasteiger partial charge on any atom is 0.220 e. The molecule has 25 heavy (non-hydrogen) atoms. The lowest BCUT2D eigenvalue weighted by atomic mass is 9.92. The van der Waals surface area contributed by atoms with Gasteiger partial charge in [0.05, 0.1) is 13.2 Å². The number of carbonyl (C=O) groups excluding carboxylic acids is 1. The van der Waals surface area contributed by atoms with Gasteiger partial charge in [0.2, 0.25) is 5.91 Å². The molecule has 0 aromatic heterocycles. The van der Waals surface area contributed by atoms with E-state index in [0.29, 0.717) is 18.4 Å². The van der Waals surface area contributed by atoms with E-state index in [1.807, 2.05) is 21.6 Å². The molecule has 4 nitrogen and oxygen atoms in total. The molecule has 2 saturated heterocycles. The maximum atomic E-state index is 12.3. The largest absolute Gasteiger partial charge is 0.379 e. The molecule has 0 aromatic carbocycles. The molecule has 0 spiro atoms. The van der Waals surface area contributed by atoms with Gasteiger partial charge in [0.1, 0.15) is 0 Å². The number of amides is 1. The van der Waals surface area contributed by atoms with E-state index in [-0.39, 0.29) is 5.91 Å². The molecular weight excluding hydrogens is 352 g/mol. The molecule has 146 valence electrons. The number of ether oxygens (including phenoxy) is 1. The van der Waals surface area contributed by atoms with Crippen molar-refractivity contribution in [2.45, 2.75) is 70.1 Å². The standard InChI is InChI=1S/C19H36N2O2S2/c1-3-16(4-2)18(21-10-12-23-13-11-21)15-20-19(22)8-6-5-7-17-9-14-24-25-17/h16-18H,3-15H2,1-2H3,(H,20,22). The summed E-state index contributed by atoms with van der Waals surface area (Å²) in [5, 5.41) is 4.05. The Labute approximate surface area is 162 Å². The molecule has 1 N–H and O–H groups in total. The van der Waals surface area contributed by atoms with E-state index in [4.69, 9.17) is 4.74 Å². The molecule has 1 amide bonds. The third-order valence-corrected chi connectivity index (χ3v) is 8.53. The Kier molecular flexibility index (Phi) is 10.7. The molecule has 2 fully saturated rings. The summed E-state index contributed by atoms with van der Waals surface area (Å²) in [7, 11) is 4.04. The molecule has 2 aliphatic heterocycles. The normalized spacial score (nSPS) is 23.1. The average Bonchev–Trinajstić information content (AvgIpc) is 3.16. The molecule has 0 bridgehead atoms. The predicted octanol–water partition coefficient (Wildman–Crippen LogP) is 3.95. The smallest absolute Gasteiger partial charge is 0.220 e. The van der Waals surface area contributed by atoms with Gasteiger partial charge in [-0.3, -0.25) is 9.69 Å². The number of nitrogens with one attached hydrogen (secondary N) is 1. The average molecular weight is 389 g/mol. The zero-order chi connectivity index (χ0) is 17.9. The number of unbranched alkanes of at least 4 members (excludes halogenated alkanes) is 1. The maximum absolute atomic E-state index is 12.3. The van der Waals surface area contributed by atoms with E-state index >= 15 is 0 Å². The minimum absolute atomic E-state index is 0.234. The topological polar surface area (TPSA) is 41.6 Å². The first-order valence-corrected chi connectivity index (χ1v) is 12.5. The SMILES string of the molecule is CCC(CC)C(CNC(=O)CCCCC1CCSS1)N1CCOCC1. The molecule has 2 heterocycles. The van der Waals surface area contributed by atoms with Gasteiger partial charge in [-0.1, -0.05) is 54.7 Å². The Morgan fingerprint density at radius 3 is 2.64 bits per heavy atom. The fourth-order valence-electron chi connectivity index (χ4n) is 3.86. The highest BCUT2D eigenvalue weighted by Gasteiger charge is 2.27. The summed E-state index contributed by atoms with van der Waals surface area (Å²) in [6.45, 7) is 8.96. The van der Waals surface area contributed by atoms with Crippen LogP contribution in [0, 0.1) is 5.92 Å². The minimum atomic E-state index is 0.234. The lowest BCUT2D eigenvalue weighted by molar-refractivity contribution is -0.121. The van der Waals surface area contributed by atoms with Crippen LogP contribution >= 0.6 is 21.6 Å². The first kappa shape index (κ1) is 21.4. The van der Waals surface area contributed by atoms with E-state index in [1.54, 1.807) is 0 Å². The van der Waals surface area contributed by atoms with Crippen LogP contribution in [0.25, 0.3) is 0 Å². The third kappa shape index (κ3) is 7.69. The Morgan fingerprint density at radius 1 is 1.24 bits per heavy atom. The van der Waals surface area contributed by atoms with Crippen LogP contribution in [-0.4, -0.2) is 60.7 Å². The zero-order valence-corrected chi connectivity index (χ0v) is 17.6. The van der Waals surface area contributed by atoms with Crippen molar-refractivity contribution in [3.8, 4) is 0 Å². The van der Waals surface area contributed by atoms with E-state index in [9.17, 15) is 4.79 Å². The van der Waals surface area contributed by atoms with Crippen molar-refractivity contribution in [3.63, 3.8) is 0 Å². The van der Waals surface area contributed by atoms with Gasteiger partial charge in [0.25, 0.3) is 0 Å². The van der Waals surface area contributed by atoms with Crippen LogP contribution < -0.4 is 5.32 Å². The van der Waals surface area contributed by atoms with Crippen molar-refractivity contribution in [1.82, 2.24) is 10.2 Å². The highest BCUT2D eigenvalue weighted by Crippen LogP contribution is 2.39. The van der Waals surface area contributed by atoms with Crippen LogP contribution in [0.3, 0.4) is 0 Å². The molecule has 0 radical (unpaired) electrons. The van der Waals surface area contributed by atoms with Crippen LogP contribution in [0.4, 0.5) is 0 Å². The summed E-state index contributed by atoms with van der Waals surface area (Å²) in [5.41, 5.74) is 0. The number of rotatable bonds is 11. The van der Waals surface area contributed by atoms with E-state index in [0.717, 1.165) is 44.5 Å². The number of morpholine rings is 1. The summed E-state index contributed by atoms with van der Waals surface area (Å²) >= 11 is 0. The van der Waals surface area contributed by atoms with Crippen molar-refractivity contribution in [3.05, 3.63) is 0 Å². The van der Waals surface area contributed by atoms with E-state index in [1.165, 1.54) is 37.9 Å². The van der Waals surface area contributed by atoms with Crippen molar-refractivity contribution < 1.29 is 9.53 Å². The number of nitrogens with zero attached hydrogens (tertiary/aromatic N) is 1. The molecule has 2 unspecified atom stereocenters. The molecule has 6 heteroatoms. The summed E-state index contributed by atoms with van der Waals surface area (Å²) in [5.74, 6) is 2.18. The van der Waals surface area contributed by atoms with E-state index in [2.05, 4.69) is 24.1 Å². The van der Waals surface area contributed by atoms with Crippen LogP contribution in [0.5, 0.6) is 0 Å². The monoisotopic (exact) mass is 388 g/mol. The highest BCUT2D eigenvalue weighted by molar-refractivity contribution is 8.77. The van der Waals surface area contributed by atoms with Crippen molar-refractivity contribution >= 4 is 27.5 Å². The van der Waals surface area contributed by atoms with E-state index < -0.39 is 0 Å². The van der Waals surface area contributed by atoms with Gasteiger partial charge in [0, 0.05) is 43.1 Å². The van der Waals surface area contributed by atoms with Gasteiger partial charge in [-0.25, -0.2) is 0 Å². The summed E-state index contributed by atoms with van der Waals surface area (Å²) in [4.78, 5) is 14.8. The number of hydrogen-bond acceptors (Lipinski definition) is 5. The van der Waals surface area contributed by atoms with Crippen LogP contribution in [0.1, 0.15) is 58.8 Å². The van der Waals surface area contributed by atoms with Crippen LogP contribution in [0.15, 0.2) is 0 Å². The molecule has 2 atom stereocenters. The number of carbonyl (C=O) groups is 1. The van der Waals surface area contributed by atoms with Crippen molar-refractivity contribution in [2.75, 3.05) is 38.6 Å². The first-order valence-electron chi connectivity index (χ1n) is 10.1. The lowest BCUT2D eigenvalue weighted by Crippen LogP contribution is -2.52. The van der Waals surface area contributed by atoms with Crippen molar-refractivity contribution in [1.29, 1.82) is 0 Å². The Morgan fingerprint density at radius 2 is 2.00 bits per heavy atom. The summed E-state index contributed by atoms with van der Waals surface area (Å²) in [6, 6.07) is 0.453. The van der Waals surface area contributed by atoms with Gasteiger partial charge >= 0.3 is 0 Å². The summed E-state index contributed by atoms with van der Waals surface area (Å²) in [6.07, 6.45) is 7.86. The first-order chi connectivity index (χ1) is 12.2. The Bertz CT molecular complexity index is 368. The molecule has 2 rings (SSSR count).